The van der Waals surface area contributed by atoms with Gasteiger partial charge in [-0.2, -0.15) is 13.2 Å². The fourth-order valence-corrected chi connectivity index (χ4v) is 2.05. The maximum Gasteiger partial charge on any atom is 0.416 e. The quantitative estimate of drug-likeness (QED) is 0.590. The van der Waals surface area contributed by atoms with Gasteiger partial charge in [-0.3, -0.25) is 4.79 Å². The molecular weight excluding hydrogens is 321 g/mol. The number of methoxy groups -OCH3 is 2. The summed E-state index contributed by atoms with van der Waals surface area (Å²) >= 11 is 0. The SMILES string of the molecule is COc1ccc(C=CC(=O)c2ccc(C(F)(F)F)cc2)cc1OC. The van der Waals surface area contributed by atoms with Gasteiger partial charge in [0.1, 0.15) is 0 Å². The summed E-state index contributed by atoms with van der Waals surface area (Å²) in [4.78, 5) is 12.0. The summed E-state index contributed by atoms with van der Waals surface area (Å²) < 4.78 is 47.8. The first-order chi connectivity index (χ1) is 11.3. The lowest BCUT2D eigenvalue weighted by Crippen LogP contribution is -2.05. The predicted octanol–water partition coefficient (Wildman–Crippen LogP) is 4.62. The van der Waals surface area contributed by atoms with E-state index in [0.717, 1.165) is 24.3 Å². The van der Waals surface area contributed by atoms with Crippen LogP contribution < -0.4 is 9.47 Å². The van der Waals surface area contributed by atoms with E-state index < -0.39 is 17.5 Å². The third kappa shape index (κ3) is 4.16. The molecule has 0 atom stereocenters. The van der Waals surface area contributed by atoms with E-state index in [-0.39, 0.29) is 5.56 Å². The molecule has 0 aliphatic rings. The highest BCUT2D eigenvalue weighted by molar-refractivity contribution is 6.06. The monoisotopic (exact) mass is 336 g/mol. The summed E-state index contributed by atoms with van der Waals surface area (Å²) in [5, 5.41) is 0. The Morgan fingerprint density at radius 1 is 0.958 bits per heavy atom. The largest absolute Gasteiger partial charge is 0.493 e. The summed E-state index contributed by atoms with van der Waals surface area (Å²) in [6.07, 6.45) is -1.57. The minimum absolute atomic E-state index is 0.180. The van der Waals surface area contributed by atoms with Crippen molar-refractivity contribution in [3.8, 4) is 11.5 Å². The summed E-state index contributed by atoms with van der Waals surface area (Å²) in [7, 11) is 3.01. The topological polar surface area (TPSA) is 35.5 Å². The molecule has 0 amide bonds. The van der Waals surface area contributed by atoms with Crippen LogP contribution in [0.15, 0.2) is 48.5 Å². The van der Waals surface area contributed by atoms with Crippen molar-refractivity contribution in [3.05, 3.63) is 65.2 Å². The molecule has 0 saturated carbocycles. The number of alkyl halides is 3. The van der Waals surface area contributed by atoms with Crippen LogP contribution in [0.2, 0.25) is 0 Å². The van der Waals surface area contributed by atoms with Crippen LogP contribution in [0.5, 0.6) is 11.5 Å². The zero-order valence-corrected chi connectivity index (χ0v) is 13.1. The van der Waals surface area contributed by atoms with Crippen LogP contribution in [0.25, 0.3) is 6.08 Å². The Morgan fingerprint density at radius 3 is 2.12 bits per heavy atom. The molecule has 0 unspecified atom stereocenters. The summed E-state index contributed by atoms with van der Waals surface area (Å²) in [5.41, 5.74) is 0.0931. The smallest absolute Gasteiger partial charge is 0.416 e. The normalized spacial score (nSPS) is 11.5. The second-order valence-corrected chi connectivity index (χ2v) is 4.89. The van der Waals surface area contributed by atoms with Crippen molar-refractivity contribution in [2.45, 2.75) is 6.18 Å². The minimum atomic E-state index is -4.42. The van der Waals surface area contributed by atoms with Crippen LogP contribution in [0, 0.1) is 0 Å². The van der Waals surface area contributed by atoms with Gasteiger partial charge in [0.15, 0.2) is 17.3 Å². The van der Waals surface area contributed by atoms with Crippen LogP contribution >= 0.6 is 0 Å². The van der Waals surface area contributed by atoms with E-state index in [1.807, 2.05) is 0 Å². The van der Waals surface area contributed by atoms with E-state index in [1.165, 1.54) is 20.3 Å². The van der Waals surface area contributed by atoms with Crippen LogP contribution in [0.4, 0.5) is 13.2 Å². The highest BCUT2D eigenvalue weighted by atomic mass is 19.4. The number of ketones is 1. The predicted molar refractivity (Wildman–Crippen MR) is 84.4 cm³/mol. The summed E-state index contributed by atoms with van der Waals surface area (Å²) in [6, 6.07) is 9.21. The van der Waals surface area contributed by atoms with Crippen molar-refractivity contribution in [1.29, 1.82) is 0 Å². The molecule has 0 aromatic heterocycles. The molecule has 0 aliphatic heterocycles. The van der Waals surface area contributed by atoms with Crippen LogP contribution in [0.3, 0.4) is 0 Å². The van der Waals surface area contributed by atoms with Crippen molar-refractivity contribution in [2.75, 3.05) is 14.2 Å². The number of halogens is 3. The molecule has 2 aromatic carbocycles. The lowest BCUT2D eigenvalue weighted by molar-refractivity contribution is -0.137. The number of carbonyl (C=O) groups excluding carboxylic acids is 1. The number of hydrogen-bond acceptors (Lipinski definition) is 3. The molecule has 3 nitrogen and oxygen atoms in total. The Labute approximate surface area is 137 Å². The van der Waals surface area contributed by atoms with Gasteiger partial charge in [0.25, 0.3) is 0 Å². The lowest BCUT2D eigenvalue weighted by atomic mass is 10.1. The highest BCUT2D eigenvalue weighted by Gasteiger charge is 2.30. The zero-order valence-electron chi connectivity index (χ0n) is 13.1. The van der Waals surface area contributed by atoms with Gasteiger partial charge in [-0.1, -0.05) is 24.3 Å². The van der Waals surface area contributed by atoms with Crippen molar-refractivity contribution in [1.82, 2.24) is 0 Å². The van der Waals surface area contributed by atoms with Crippen LogP contribution in [-0.4, -0.2) is 20.0 Å². The first-order valence-electron chi connectivity index (χ1n) is 6.97. The maximum atomic E-state index is 12.5. The Bertz CT molecular complexity index is 747. The van der Waals surface area contributed by atoms with Gasteiger partial charge >= 0.3 is 6.18 Å². The average Bonchev–Trinajstić information content (AvgIpc) is 2.58. The molecule has 0 aliphatic carbocycles. The van der Waals surface area contributed by atoms with Gasteiger partial charge in [0.05, 0.1) is 19.8 Å². The van der Waals surface area contributed by atoms with Crippen molar-refractivity contribution < 1.29 is 27.4 Å². The molecule has 0 fully saturated rings. The molecule has 126 valence electrons. The van der Waals surface area contributed by atoms with Gasteiger partial charge in [0, 0.05) is 5.56 Å². The highest BCUT2D eigenvalue weighted by Crippen LogP contribution is 2.29. The van der Waals surface area contributed by atoms with E-state index in [1.54, 1.807) is 24.3 Å². The number of rotatable bonds is 5. The van der Waals surface area contributed by atoms with Gasteiger partial charge in [-0.25, -0.2) is 0 Å². The van der Waals surface area contributed by atoms with Crippen molar-refractivity contribution >= 4 is 11.9 Å². The number of benzene rings is 2. The Kier molecular flexibility index (Phi) is 5.28. The van der Waals surface area contributed by atoms with E-state index in [0.29, 0.717) is 17.1 Å². The Hall–Kier alpha value is -2.76. The second kappa shape index (κ2) is 7.21. The third-order valence-corrected chi connectivity index (χ3v) is 3.33. The molecule has 0 heterocycles. The molecular formula is C18H15F3O3. The molecule has 0 bridgehead atoms. The Morgan fingerprint density at radius 2 is 1.58 bits per heavy atom. The van der Waals surface area contributed by atoms with Crippen molar-refractivity contribution in [2.24, 2.45) is 0 Å². The molecule has 2 aromatic rings. The standard InChI is InChI=1S/C18H15F3O3/c1-23-16-10-4-12(11-17(16)24-2)3-9-15(22)13-5-7-14(8-6-13)18(19,20)21/h3-11H,1-2H3. The molecule has 0 spiro atoms. The molecule has 0 saturated heterocycles. The average molecular weight is 336 g/mol. The van der Waals surface area contributed by atoms with E-state index in [9.17, 15) is 18.0 Å². The molecule has 2 rings (SSSR count). The zero-order chi connectivity index (χ0) is 17.7. The lowest BCUT2D eigenvalue weighted by Gasteiger charge is -2.07. The Balaban J connectivity index is 2.15. The fourth-order valence-electron chi connectivity index (χ4n) is 2.05. The molecule has 6 heteroatoms. The molecule has 0 radical (unpaired) electrons. The molecule has 24 heavy (non-hydrogen) atoms. The van der Waals surface area contributed by atoms with Gasteiger partial charge < -0.3 is 9.47 Å². The molecule has 0 N–H and O–H groups in total. The minimum Gasteiger partial charge on any atom is -0.493 e. The number of allylic oxidation sites excluding steroid dienone is 1. The maximum absolute atomic E-state index is 12.5. The van der Waals surface area contributed by atoms with Crippen molar-refractivity contribution in [3.63, 3.8) is 0 Å². The first-order valence-corrected chi connectivity index (χ1v) is 6.97. The fraction of sp³-hybridized carbons (Fsp3) is 0.167. The summed E-state index contributed by atoms with van der Waals surface area (Å²) in [6.45, 7) is 0. The van der Waals surface area contributed by atoms with E-state index in [4.69, 9.17) is 9.47 Å². The van der Waals surface area contributed by atoms with Crippen LogP contribution in [-0.2, 0) is 6.18 Å². The number of hydrogen-bond donors (Lipinski definition) is 0. The number of carbonyl (C=O) groups is 1. The van der Waals surface area contributed by atoms with E-state index >= 15 is 0 Å². The van der Waals surface area contributed by atoms with E-state index in [2.05, 4.69) is 0 Å². The first kappa shape index (κ1) is 17.6. The van der Waals surface area contributed by atoms with Crippen LogP contribution in [0.1, 0.15) is 21.5 Å². The number of ether oxygens (including phenoxy) is 2. The summed E-state index contributed by atoms with van der Waals surface area (Å²) in [5.74, 6) is 0.684. The second-order valence-electron chi connectivity index (χ2n) is 4.89. The van der Waals surface area contributed by atoms with Gasteiger partial charge in [-0.05, 0) is 35.9 Å². The van der Waals surface area contributed by atoms with Gasteiger partial charge in [0.2, 0.25) is 0 Å². The van der Waals surface area contributed by atoms with Gasteiger partial charge in [-0.15, -0.1) is 0 Å². The third-order valence-electron chi connectivity index (χ3n) is 3.33.